The molecule has 3 nitrogen and oxygen atoms in total. The first kappa shape index (κ1) is 14.3. The summed E-state index contributed by atoms with van der Waals surface area (Å²) in [6, 6.07) is 4.91. The van der Waals surface area contributed by atoms with Crippen LogP contribution in [0.15, 0.2) is 18.2 Å². The van der Waals surface area contributed by atoms with Gasteiger partial charge in [0.05, 0.1) is 10.4 Å². The van der Waals surface area contributed by atoms with Crippen molar-refractivity contribution in [3.05, 3.63) is 34.6 Å². The maximum absolute atomic E-state index is 13.8. The number of aliphatic carboxylic acids is 1. The molecular weight excluding hydrogens is 269 g/mol. The number of carbonyl (C=O) groups is 1. The van der Waals surface area contributed by atoms with Crippen LogP contribution in [-0.2, 0) is 11.3 Å². The van der Waals surface area contributed by atoms with Crippen LogP contribution in [0.5, 0.6) is 0 Å². The van der Waals surface area contributed by atoms with Crippen molar-refractivity contribution in [1.29, 1.82) is 0 Å². The Balaban J connectivity index is 2.10. The summed E-state index contributed by atoms with van der Waals surface area (Å²) in [5.41, 5.74) is -0.167. The predicted octanol–water partition coefficient (Wildman–Crippen LogP) is 3.17. The van der Waals surface area contributed by atoms with E-state index in [1.807, 2.05) is 11.8 Å². The maximum atomic E-state index is 13.8. The van der Waals surface area contributed by atoms with Crippen LogP contribution in [0.4, 0.5) is 4.39 Å². The topological polar surface area (TPSA) is 40.5 Å². The molecule has 0 radical (unpaired) electrons. The van der Waals surface area contributed by atoms with Gasteiger partial charge in [-0.3, -0.25) is 9.69 Å². The number of likely N-dealkylation sites (tertiary alicyclic amines) is 1. The minimum atomic E-state index is -0.760. The third kappa shape index (κ3) is 2.74. The number of rotatable bonds is 4. The van der Waals surface area contributed by atoms with Crippen molar-refractivity contribution in [3.8, 4) is 0 Å². The molecule has 1 saturated heterocycles. The van der Waals surface area contributed by atoms with Gasteiger partial charge < -0.3 is 5.11 Å². The lowest BCUT2D eigenvalue weighted by Gasteiger charge is -2.23. The molecule has 104 valence electrons. The van der Waals surface area contributed by atoms with E-state index in [1.54, 1.807) is 12.1 Å². The Hall–Kier alpha value is -1.13. The summed E-state index contributed by atoms with van der Waals surface area (Å²) in [7, 11) is 0. The Morgan fingerprint density at radius 2 is 2.32 bits per heavy atom. The Labute approximate surface area is 117 Å². The molecule has 1 N–H and O–H groups in total. The minimum Gasteiger partial charge on any atom is -0.481 e. The Morgan fingerprint density at radius 1 is 1.58 bits per heavy atom. The van der Waals surface area contributed by atoms with Gasteiger partial charge in [0.25, 0.3) is 0 Å². The predicted molar refractivity (Wildman–Crippen MR) is 71.7 cm³/mol. The van der Waals surface area contributed by atoms with Crippen molar-refractivity contribution in [1.82, 2.24) is 4.90 Å². The summed E-state index contributed by atoms with van der Waals surface area (Å²) in [4.78, 5) is 13.3. The monoisotopic (exact) mass is 285 g/mol. The van der Waals surface area contributed by atoms with Gasteiger partial charge in [0.15, 0.2) is 0 Å². The second-order valence-electron chi connectivity index (χ2n) is 5.11. The number of benzene rings is 1. The van der Waals surface area contributed by atoms with Gasteiger partial charge in [-0.15, -0.1) is 0 Å². The SMILES string of the molecule is CCC1(C(=O)O)CCN(Cc2cccc(Cl)c2F)C1. The lowest BCUT2D eigenvalue weighted by atomic mass is 9.84. The molecule has 0 amide bonds. The number of hydrogen-bond acceptors (Lipinski definition) is 2. The van der Waals surface area contributed by atoms with Crippen LogP contribution >= 0.6 is 11.6 Å². The van der Waals surface area contributed by atoms with Crippen LogP contribution in [0.25, 0.3) is 0 Å². The third-order valence-corrected chi connectivity index (χ3v) is 4.28. The number of nitrogens with zero attached hydrogens (tertiary/aromatic N) is 1. The van der Waals surface area contributed by atoms with Crippen molar-refractivity contribution >= 4 is 17.6 Å². The number of carboxylic acids is 1. The number of carboxylic acid groups (broad SMARTS) is 1. The van der Waals surface area contributed by atoms with Crippen LogP contribution in [0.3, 0.4) is 0 Å². The van der Waals surface area contributed by atoms with E-state index in [4.69, 9.17) is 11.6 Å². The van der Waals surface area contributed by atoms with Crippen LogP contribution in [-0.4, -0.2) is 29.1 Å². The normalized spacial score (nSPS) is 23.7. The molecule has 0 spiro atoms. The van der Waals surface area contributed by atoms with Crippen molar-refractivity contribution < 1.29 is 14.3 Å². The highest BCUT2D eigenvalue weighted by Gasteiger charge is 2.43. The molecule has 1 aliphatic rings. The number of hydrogen-bond donors (Lipinski definition) is 1. The van der Waals surface area contributed by atoms with Gasteiger partial charge in [0.2, 0.25) is 0 Å². The van der Waals surface area contributed by atoms with E-state index in [2.05, 4.69) is 0 Å². The van der Waals surface area contributed by atoms with Crippen molar-refractivity contribution in [2.24, 2.45) is 5.41 Å². The van der Waals surface area contributed by atoms with Crippen LogP contribution in [0.1, 0.15) is 25.3 Å². The van der Waals surface area contributed by atoms with E-state index in [0.29, 0.717) is 38.0 Å². The van der Waals surface area contributed by atoms with E-state index in [-0.39, 0.29) is 5.02 Å². The van der Waals surface area contributed by atoms with Gasteiger partial charge >= 0.3 is 5.97 Å². The molecule has 1 aromatic rings. The van der Waals surface area contributed by atoms with Crippen LogP contribution < -0.4 is 0 Å². The first-order chi connectivity index (χ1) is 8.98. The zero-order valence-electron chi connectivity index (χ0n) is 10.8. The summed E-state index contributed by atoms with van der Waals surface area (Å²) in [6.45, 7) is 3.43. The Kier molecular flexibility index (Phi) is 4.11. The fourth-order valence-electron chi connectivity index (χ4n) is 2.62. The molecule has 19 heavy (non-hydrogen) atoms. The molecule has 5 heteroatoms. The zero-order chi connectivity index (χ0) is 14.0. The first-order valence-corrected chi connectivity index (χ1v) is 6.75. The highest BCUT2D eigenvalue weighted by molar-refractivity contribution is 6.30. The summed E-state index contributed by atoms with van der Waals surface area (Å²) >= 11 is 5.75. The Bertz CT molecular complexity index is 494. The molecule has 0 saturated carbocycles. The largest absolute Gasteiger partial charge is 0.481 e. The van der Waals surface area contributed by atoms with E-state index < -0.39 is 17.2 Å². The van der Waals surface area contributed by atoms with Gasteiger partial charge in [-0.25, -0.2) is 4.39 Å². The second kappa shape index (κ2) is 5.47. The third-order valence-electron chi connectivity index (χ3n) is 3.99. The molecule has 0 aromatic heterocycles. The molecule has 1 atom stereocenters. The first-order valence-electron chi connectivity index (χ1n) is 6.37. The minimum absolute atomic E-state index is 0.108. The lowest BCUT2D eigenvalue weighted by Crippen LogP contribution is -2.34. The van der Waals surface area contributed by atoms with Gasteiger partial charge in [-0.2, -0.15) is 0 Å². The highest BCUT2D eigenvalue weighted by atomic mass is 35.5. The molecule has 2 rings (SSSR count). The van der Waals surface area contributed by atoms with E-state index >= 15 is 0 Å². The summed E-state index contributed by atoms with van der Waals surface area (Å²) in [6.07, 6.45) is 1.21. The standard InChI is InChI=1S/C14H17ClFNO2/c1-2-14(13(18)19)6-7-17(9-14)8-10-4-3-5-11(15)12(10)16/h3-5H,2,6-9H2,1H3,(H,18,19). The molecule has 1 aromatic carbocycles. The van der Waals surface area contributed by atoms with E-state index in [9.17, 15) is 14.3 Å². The smallest absolute Gasteiger partial charge is 0.310 e. The molecule has 1 fully saturated rings. The second-order valence-corrected chi connectivity index (χ2v) is 5.52. The van der Waals surface area contributed by atoms with Crippen LogP contribution in [0, 0.1) is 11.2 Å². The molecule has 0 aliphatic carbocycles. The summed E-state index contributed by atoms with van der Waals surface area (Å²) in [5.74, 6) is -1.17. The average Bonchev–Trinajstić information content (AvgIpc) is 2.80. The van der Waals surface area contributed by atoms with Crippen molar-refractivity contribution in [2.45, 2.75) is 26.3 Å². The van der Waals surface area contributed by atoms with Crippen LogP contribution in [0.2, 0.25) is 5.02 Å². The fourth-order valence-corrected chi connectivity index (χ4v) is 2.81. The van der Waals surface area contributed by atoms with Crippen molar-refractivity contribution in [3.63, 3.8) is 0 Å². The summed E-state index contributed by atoms with van der Waals surface area (Å²) < 4.78 is 13.8. The average molecular weight is 286 g/mol. The molecule has 1 unspecified atom stereocenters. The van der Waals surface area contributed by atoms with Gasteiger partial charge in [-0.1, -0.05) is 30.7 Å². The van der Waals surface area contributed by atoms with Crippen molar-refractivity contribution in [2.75, 3.05) is 13.1 Å². The molecule has 0 bridgehead atoms. The van der Waals surface area contributed by atoms with Gasteiger partial charge in [-0.05, 0) is 25.5 Å². The fraction of sp³-hybridized carbons (Fsp3) is 0.500. The zero-order valence-corrected chi connectivity index (χ0v) is 11.6. The number of halogens is 2. The van der Waals surface area contributed by atoms with Gasteiger partial charge in [0.1, 0.15) is 5.82 Å². The van der Waals surface area contributed by atoms with E-state index in [0.717, 1.165) is 0 Å². The van der Waals surface area contributed by atoms with E-state index in [1.165, 1.54) is 6.07 Å². The molecule has 1 aliphatic heterocycles. The lowest BCUT2D eigenvalue weighted by molar-refractivity contribution is -0.148. The highest BCUT2D eigenvalue weighted by Crippen LogP contribution is 2.35. The maximum Gasteiger partial charge on any atom is 0.310 e. The Morgan fingerprint density at radius 3 is 2.89 bits per heavy atom. The quantitative estimate of drug-likeness (QED) is 0.924. The van der Waals surface area contributed by atoms with Gasteiger partial charge in [0, 0.05) is 18.7 Å². The molecule has 1 heterocycles. The summed E-state index contributed by atoms with van der Waals surface area (Å²) in [5, 5.41) is 9.43. The molecular formula is C14H17ClFNO2.